The Kier molecular flexibility index (Phi) is 2.92. The molecular weight excluding hydrogens is 262 g/mol. The summed E-state index contributed by atoms with van der Waals surface area (Å²) in [5, 5.41) is 0. The van der Waals surface area contributed by atoms with Crippen molar-refractivity contribution in [1.29, 1.82) is 0 Å². The van der Waals surface area contributed by atoms with Crippen molar-refractivity contribution in [3.05, 3.63) is 23.5 Å². The van der Waals surface area contributed by atoms with E-state index in [-0.39, 0.29) is 8.07 Å². The highest BCUT2D eigenvalue weighted by Crippen LogP contribution is 2.78. The second-order valence-corrected chi connectivity index (χ2v) is 11.8. The quantitative estimate of drug-likeness (QED) is 0.575. The van der Waals surface area contributed by atoms with Gasteiger partial charge >= 0.3 is 0 Å². The second kappa shape index (κ2) is 4.03. The number of nitrogens with zero attached hydrogens (tertiary/aromatic N) is 2. The summed E-state index contributed by atoms with van der Waals surface area (Å²) < 4.78 is 17.7. The first kappa shape index (κ1) is 13.1. The molecule has 3 rings (SSSR count). The van der Waals surface area contributed by atoms with Crippen LogP contribution in [0.4, 0.5) is 0 Å². The molecule has 5 heteroatoms. The van der Waals surface area contributed by atoms with E-state index in [0.29, 0.717) is 22.9 Å². The fourth-order valence-electron chi connectivity index (χ4n) is 3.94. The topological polar surface area (TPSA) is 23.6 Å². The number of allylic oxidation sites excluding steroid dienone is 3. The highest BCUT2D eigenvalue weighted by Gasteiger charge is 2.62. The second-order valence-electron chi connectivity index (χ2n) is 6.00. The van der Waals surface area contributed by atoms with Gasteiger partial charge in [-0.15, -0.1) is 0 Å². The summed E-state index contributed by atoms with van der Waals surface area (Å²) in [6.45, 7) is 2.18. The van der Waals surface area contributed by atoms with E-state index in [4.69, 9.17) is 0 Å². The predicted octanol–water partition coefficient (Wildman–Crippen LogP) is 3.01. The van der Waals surface area contributed by atoms with Crippen molar-refractivity contribution in [1.82, 2.24) is 9.34 Å². The van der Waals surface area contributed by atoms with Crippen LogP contribution >= 0.6 is 15.4 Å². The van der Waals surface area contributed by atoms with Gasteiger partial charge in [-0.3, -0.25) is 9.34 Å². The van der Waals surface area contributed by atoms with Crippen molar-refractivity contribution in [2.75, 3.05) is 28.2 Å². The summed E-state index contributed by atoms with van der Waals surface area (Å²) >= 11 is 0. The van der Waals surface area contributed by atoms with Gasteiger partial charge in [-0.05, 0) is 49.0 Å². The first-order chi connectivity index (χ1) is 8.38. The predicted molar refractivity (Wildman–Crippen MR) is 79.7 cm³/mol. The molecule has 0 aromatic heterocycles. The first-order valence-corrected chi connectivity index (χ1v) is 9.71. The monoisotopic (exact) mass is 284 g/mol. The lowest BCUT2D eigenvalue weighted by Crippen LogP contribution is -2.29. The van der Waals surface area contributed by atoms with Crippen LogP contribution in [0.3, 0.4) is 0 Å². The molecule has 0 radical (unpaired) electrons. The van der Waals surface area contributed by atoms with E-state index in [2.05, 4.69) is 43.7 Å². The van der Waals surface area contributed by atoms with Crippen LogP contribution in [0.25, 0.3) is 0 Å². The zero-order valence-electron chi connectivity index (χ0n) is 11.7. The Balaban J connectivity index is 2.07. The maximum absolute atomic E-state index is 13.3. The Hall–Kier alpha value is 0.0600. The number of hydrogen-bond donors (Lipinski definition) is 0. The molecule has 6 unspecified atom stereocenters. The summed E-state index contributed by atoms with van der Waals surface area (Å²) in [5.41, 5.74) is 2.85. The van der Waals surface area contributed by atoms with E-state index >= 15 is 0 Å². The zero-order chi connectivity index (χ0) is 13.2. The smallest absolute Gasteiger partial charge is 0.175 e. The minimum absolute atomic E-state index is 0.176. The van der Waals surface area contributed by atoms with Gasteiger partial charge in [-0.1, -0.05) is 17.7 Å². The molecule has 3 aliphatic rings. The van der Waals surface area contributed by atoms with Crippen molar-refractivity contribution in [3.63, 3.8) is 0 Å². The highest BCUT2D eigenvalue weighted by molar-refractivity contribution is 7.68. The van der Waals surface area contributed by atoms with Gasteiger partial charge in [0, 0.05) is 22.9 Å². The third-order valence-electron chi connectivity index (χ3n) is 4.63. The molecule has 0 aromatic rings. The average molecular weight is 284 g/mol. The lowest BCUT2D eigenvalue weighted by molar-refractivity contribution is 0.496. The van der Waals surface area contributed by atoms with Gasteiger partial charge in [0.1, 0.15) is 0 Å². The molecule has 0 amide bonds. The molecule has 0 saturated carbocycles. The van der Waals surface area contributed by atoms with Crippen LogP contribution in [0.15, 0.2) is 23.5 Å². The molecule has 0 aromatic carbocycles. The van der Waals surface area contributed by atoms with Gasteiger partial charge in [0.05, 0.1) is 0 Å². The summed E-state index contributed by atoms with van der Waals surface area (Å²) in [7, 11) is 5.82. The van der Waals surface area contributed by atoms with Crippen LogP contribution in [-0.4, -0.2) is 54.5 Å². The van der Waals surface area contributed by atoms with Crippen molar-refractivity contribution < 1.29 is 4.57 Å². The molecule has 3 heterocycles. The highest BCUT2D eigenvalue weighted by atomic mass is 31.2. The maximum atomic E-state index is 13.3. The van der Waals surface area contributed by atoms with Gasteiger partial charge in [0.15, 0.2) is 7.29 Å². The van der Waals surface area contributed by atoms with E-state index in [9.17, 15) is 4.57 Å². The molecular formula is C13H22N2OP2. The van der Waals surface area contributed by atoms with Crippen molar-refractivity contribution in [3.8, 4) is 0 Å². The Bertz CT molecular complexity index is 483. The standard InChI is InChI=1S/C13H22N2OP2/c1-9-8-18(16,15(4)5)13-11-7-6-10(12(9)13)17(11)14(2)3/h6-8,10-13H,1-5H3. The molecule has 3 aliphatic heterocycles. The molecule has 0 N–H and O–H groups in total. The lowest BCUT2D eigenvalue weighted by atomic mass is 9.89. The third kappa shape index (κ3) is 1.45. The molecule has 6 atom stereocenters. The molecule has 1 fully saturated rings. The molecule has 100 valence electrons. The molecule has 0 aliphatic carbocycles. The van der Waals surface area contributed by atoms with Gasteiger partial charge in [-0.2, -0.15) is 0 Å². The van der Waals surface area contributed by atoms with E-state index in [1.807, 2.05) is 18.8 Å². The molecule has 1 saturated heterocycles. The molecule has 2 bridgehead atoms. The Labute approximate surface area is 111 Å². The number of hydrogen-bond acceptors (Lipinski definition) is 2. The lowest BCUT2D eigenvalue weighted by Gasteiger charge is -2.31. The number of rotatable bonds is 2. The van der Waals surface area contributed by atoms with Crippen LogP contribution in [0.2, 0.25) is 0 Å². The normalized spacial score (nSPS) is 49.3. The van der Waals surface area contributed by atoms with Gasteiger partial charge in [0.2, 0.25) is 0 Å². The van der Waals surface area contributed by atoms with Crippen LogP contribution in [-0.2, 0) is 4.57 Å². The zero-order valence-corrected chi connectivity index (χ0v) is 13.5. The fourth-order valence-corrected chi connectivity index (χ4v) is 11.4. The molecule has 18 heavy (non-hydrogen) atoms. The maximum Gasteiger partial charge on any atom is 0.175 e. The van der Waals surface area contributed by atoms with Crippen LogP contribution in [0.1, 0.15) is 6.92 Å². The van der Waals surface area contributed by atoms with Crippen molar-refractivity contribution >= 4 is 15.4 Å². The summed E-state index contributed by atoms with van der Waals surface area (Å²) in [6.07, 6.45) is 4.74. The number of fused-ring (bicyclic) bond motifs is 5. The van der Waals surface area contributed by atoms with E-state index in [1.54, 1.807) is 0 Å². The largest absolute Gasteiger partial charge is 0.302 e. The third-order valence-corrected chi connectivity index (χ3v) is 11.5. The average Bonchev–Trinajstić information content (AvgIpc) is 2.88. The van der Waals surface area contributed by atoms with Gasteiger partial charge in [0.25, 0.3) is 0 Å². The Morgan fingerprint density at radius 1 is 1.17 bits per heavy atom. The summed E-state index contributed by atoms with van der Waals surface area (Å²) in [4.78, 5) is 0. The Morgan fingerprint density at radius 3 is 2.33 bits per heavy atom. The molecule has 0 spiro atoms. The van der Waals surface area contributed by atoms with Crippen LogP contribution in [0.5, 0.6) is 0 Å². The first-order valence-electron chi connectivity index (χ1n) is 6.48. The van der Waals surface area contributed by atoms with E-state index < -0.39 is 7.29 Å². The van der Waals surface area contributed by atoms with Gasteiger partial charge < -0.3 is 4.57 Å². The van der Waals surface area contributed by atoms with Gasteiger partial charge in [-0.25, -0.2) is 0 Å². The van der Waals surface area contributed by atoms with Crippen molar-refractivity contribution in [2.45, 2.75) is 23.9 Å². The molecule has 3 nitrogen and oxygen atoms in total. The minimum Gasteiger partial charge on any atom is -0.302 e. The fraction of sp³-hybridized carbons (Fsp3) is 0.692. The minimum atomic E-state index is -2.31. The SMILES string of the molecule is CC1=CP(=O)(N(C)C)C2C1C1C=CC2P1N(C)C. The summed E-state index contributed by atoms with van der Waals surface area (Å²) in [5.74, 6) is 2.62. The van der Waals surface area contributed by atoms with E-state index in [0.717, 1.165) is 0 Å². The van der Waals surface area contributed by atoms with Crippen molar-refractivity contribution in [2.24, 2.45) is 5.92 Å². The van der Waals surface area contributed by atoms with Crippen LogP contribution < -0.4 is 0 Å². The Morgan fingerprint density at radius 2 is 1.78 bits per heavy atom. The van der Waals surface area contributed by atoms with E-state index in [1.165, 1.54) is 5.57 Å². The summed E-state index contributed by atoms with van der Waals surface area (Å²) in [6, 6.07) is 0. The van der Waals surface area contributed by atoms with Crippen LogP contribution in [0, 0.1) is 5.92 Å².